The van der Waals surface area contributed by atoms with Crippen LogP contribution in [0.5, 0.6) is 17.2 Å². The Morgan fingerprint density at radius 2 is 1.74 bits per heavy atom. The van der Waals surface area contributed by atoms with Crippen LogP contribution in [0, 0.1) is 17.2 Å². The van der Waals surface area contributed by atoms with E-state index in [2.05, 4.69) is 6.07 Å². The highest BCUT2D eigenvalue weighted by Gasteiger charge is 2.15. The number of methoxy groups -OCH3 is 3. The quantitative estimate of drug-likeness (QED) is 0.813. The first-order valence-corrected chi connectivity index (χ1v) is 5.96. The van der Waals surface area contributed by atoms with Crippen molar-refractivity contribution in [3.05, 3.63) is 17.7 Å². The van der Waals surface area contributed by atoms with Crippen molar-refractivity contribution in [2.24, 2.45) is 5.92 Å². The van der Waals surface area contributed by atoms with Gasteiger partial charge in [-0.05, 0) is 30.0 Å². The van der Waals surface area contributed by atoms with Crippen LogP contribution in [-0.2, 0) is 6.42 Å². The zero-order valence-corrected chi connectivity index (χ0v) is 11.5. The van der Waals surface area contributed by atoms with Crippen LogP contribution in [0.3, 0.4) is 0 Å². The maximum atomic E-state index is 9.23. The van der Waals surface area contributed by atoms with Crippen LogP contribution in [0.25, 0.3) is 0 Å². The monoisotopic (exact) mass is 265 g/mol. The average molecular weight is 265 g/mol. The molecule has 1 aromatic carbocycles. The van der Waals surface area contributed by atoms with Crippen LogP contribution >= 0.6 is 0 Å². The summed E-state index contributed by atoms with van der Waals surface area (Å²) in [4.78, 5) is 0. The van der Waals surface area contributed by atoms with Gasteiger partial charge >= 0.3 is 0 Å². The molecule has 1 aromatic rings. The summed E-state index contributed by atoms with van der Waals surface area (Å²) in [6.07, 6.45) is 0.897. The van der Waals surface area contributed by atoms with Crippen LogP contribution in [-0.4, -0.2) is 33.0 Å². The molecule has 0 radical (unpaired) electrons. The third-order valence-electron chi connectivity index (χ3n) is 2.89. The Bertz CT molecular complexity index is 428. The molecule has 0 amide bonds. The van der Waals surface area contributed by atoms with Gasteiger partial charge in [-0.1, -0.05) is 0 Å². The van der Waals surface area contributed by atoms with Gasteiger partial charge in [0, 0.05) is 13.0 Å². The third-order valence-corrected chi connectivity index (χ3v) is 2.89. The van der Waals surface area contributed by atoms with Crippen molar-refractivity contribution in [3.63, 3.8) is 0 Å². The van der Waals surface area contributed by atoms with Crippen molar-refractivity contribution in [2.45, 2.75) is 12.8 Å². The van der Waals surface area contributed by atoms with Crippen molar-refractivity contribution < 1.29 is 19.3 Å². The zero-order valence-electron chi connectivity index (χ0n) is 11.5. The second-order valence-corrected chi connectivity index (χ2v) is 4.15. The van der Waals surface area contributed by atoms with Crippen LogP contribution < -0.4 is 14.2 Å². The van der Waals surface area contributed by atoms with E-state index < -0.39 is 0 Å². The minimum atomic E-state index is -0.0900. The summed E-state index contributed by atoms with van der Waals surface area (Å²) in [5.74, 6) is 1.60. The van der Waals surface area contributed by atoms with Gasteiger partial charge in [-0.15, -0.1) is 0 Å². The summed E-state index contributed by atoms with van der Waals surface area (Å²) in [7, 11) is 4.66. The number of hydrogen-bond donors (Lipinski definition) is 1. The van der Waals surface area contributed by atoms with E-state index in [1.54, 1.807) is 21.3 Å². The van der Waals surface area contributed by atoms with Gasteiger partial charge in [-0.2, -0.15) is 5.26 Å². The molecule has 0 saturated carbocycles. The lowest BCUT2D eigenvalue weighted by atomic mass is 9.97. The van der Waals surface area contributed by atoms with E-state index in [1.165, 1.54) is 0 Å². The molecule has 0 heterocycles. The largest absolute Gasteiger partial charge is 0.493 e. The van der Waals surface area contributed by atoms with E-state index in [4.69, 9.17) is 19.5 Å². The second-order valence-electron chi connectivity index (χ2n) is 4.15. The Labute approximate surface area is 113 Å². The Morgan fingerprint density at radius 3 is 2.11 bits per heavy atom. The molecule has 0 saturated heterocycles. The second kappa shape index (κ2) is 7.49. The van der Waals surface area contributed by atoms with E-state index in [1.807, 2.05) is 12.1 Å². The van der Waals surface area contributed by atoms with Gasteiger partial charge in [-0.25, -0.2) is 0 Å². The Kier molecular flexibility index (Phi) is 5.97. The molecule has 19 heavy (non-hydrogen) atoms. The van der Waals surface area contributed by atoms with Crippen molar-refractivity contribution in [1.29, 1.82) is 5.26 Å². The molecule has 0 aliphatic rings. The fourth-order valence-electron chi connectivity index (χ4n) is 1.92. The summed E-state index contributed by atoms with van der Waals surface area (Å²) in [6, 6.07) is 5.74. The van der Waals surface area contributed by atoms with E-state index in [-0.39, 0.29) is 12.5 Å². The maximum absolute atomic E-state index is 9.23. The van der Waals surface area contributed by atoms with Gasteiger partial charge in [0.15, 0.2) is 11.5 Å². The van der Waals surface area contributed by atoms with E-state index in [0.29, 0.717) is 30.1 Å². The molecule has 1 N–H and O–H groups in total. The van der Waals surface area contributed by atoms with Gasteiger partial charge < -0.3 is 19.3 Å². The zero-order chi connectivity index (χ0) is 14.3. The number of ether oxygens (including phenoxy) is 3. The van der Waals surface area contributed by atoms with Gasteiger partial charge in [0.2, 0.25) is 5.75 Å². The first kappa shape index (κ1) is 15.1. The first-order valence-electron chi connectivity index (χ1n) is 5.96. The van der Waals surface area contributed by atoms with Crippen molar-refractivity contribution in [3.8, 4) is 23.3 Å². The molecule has 0 aliphatic carbocycles. The minimum Gasteiger partial charge on any atom is -0.493 e. The molecule has 0 fully saturated rings. The summed E-state index contributed by atoms with van der Waals surface area (Å²) < 4.78 is 15.8. The molecule has 0 bridgehead atoms. The number of benzene rings is 1. The van der Waals surface area contributed by atoms with Gasteiger partial charge in [0.05, 0.1) is 27.4 Å². The number of nitrogens with zero attached hydrogens (tertiary/aromatic N) is 1. The van der Waals surface area contributed by atoms with Gasteiger partial charge in [0.25, 0.3) is 0 Å². The lowest BCUT2D eigenvalue weighted by Crippen LogP contribution is -2.09. The number of nitriles is 1. The summed E-state index contributed by atoms with van der Waals surface area (Å²) in [6.45, 7) is -0.0236. The van der Waals surface area contributed by atoms with Gasteiger partial charge in [-0.3, -0.25) is 0 Å². The molecule has 5 heteroatoms. The minimum absolute atomic E-state index is 0.0236. The van der Waals surface area contributed by atoms with Gasteiger partial charge in [0.1, 0.15) is 0 Å². The molecule has 0 aromatic heterocycles. The Hall–Kier alpha value is -1.93. The lowest BCUT2D eigenvalue weighted by Gasteiger charge is -2.16. The third kappa shape index (κ3) is 3.76. The number of aliphatic hydroxyl groups is 1. The average Bonchev–Trinajstić information content (AvgIpc) is 2.45. The summed E-state index contributed by atoms with van der Waals surface area (Å²) >= 11 is 0. The topological polar surface area (TPSA) is 71.7 Å². The van der Waals surface area contributed by atoms with Crippen LogP contribution in [0.4, 0.5) is 0 Å². The molecule has 5 nitrogen and oxygen atoms in total. The fraction of sp³-hybridized carbons (Fsp3) is 0.500. The van der Waals surface area contributed by atoms with Crippen LogP contribution in [0.15, 0.2) is 12.1 Å². The fourth-order valence-corrected chi connectivity index (χ4v) is 1.92. The first-order chi connectivity index (χ1) is 9.19. The number of aliphatic hydroxyl groups excluding tert-OH is 1. The standard InChI is InChI=1S/C14H19NO4/c1-17-12-7-11(6-10(9-16)4-5-15)8-13(18-2)14(12)19-3/h7-8,10,16H,4,6,9H2,1-3H3/t10-/m0/s1. The SMILES string of the molecule is COc1cc(C[C@@H](CO)CC#N)cc(OC)c1OC. The predicted octanol–water partition coefficient (Wildman–Crippen LogP) is 1.78. The molecule has 0 spiro atoms. The molecular formula is C14H19NO4. The molecule has 1 atom stereocenters. The molecular weight excluding hydrogens is 246 g/mol. The molecule has 0 aliphatic heterocycles. The lowest BCUT2D eigenvalue weighted by molar-refractivity contribution is 0.227. The maximum Gasteiger partial charge on any atom is 0.203 e. The summed E-state index contributed by atoms with van der Waals surface area (Å²) in [5, 5.41) is 17.9. The Morgan fingerprint density at radius 1 is 1.16 bits per heavy atom. The smallest absolute Gasteiger partial charge is 0.203 e. The predicted molar refractivity (Wildman–Crippen MR) is 70.6 cm³/mol. The van der Waals surface area contributed by atoms with E-state index >= 15 is 0 Å². The highest BCUT2D eigenvalue weighted by atomic mass is 16.5. The highest BCUT2D eigenvalue weighted by molar-refractivity contribution is 5.53. The molecule has 104 valence electrons. The van der Waals surface area contributed by atoms with Crippen molar-refractivity contribution >= 4 is 0 Å². The highest BCUT2D eigenvalue weighted by Crippen LogP contribution is 2.38. The van der Waals surface area contributed by atoms with E-state index in [0.717, 1.165) is 5.56 Å². The summed E-state index contributed by atoms with van der Waals surface area (Å²) in [5.41, 5.74) is 0.934. The normalized spacial score (nSPS) is 11.5. The number of hydrogen-bond acceptors (Lipinski definition) is 5. The Balaban J connectivity index is 3.05. The number of rotatable bonds is 7. The van der Waals surface area contributed by atoms with Crippen molar-refractivity contribution in [1.82, 2.24) is 0 Å². The molecule has 1 rings (SSSR count). The molecule has 0 unspecified atom stereocenters. The van der Waals surface area contributed by atoms with E-state index in [9.17, 15) is 5.11 Å². The van der Waals surface area contributed by atoms with Crippen molar-refractivity contribution in [2.75, 3.05) is 27.9 Å². The van der Waals surface area contributed by atoms with Crippen LogP contribution in [0.1, 0.15) is 12.0 Å². The van der Waals surface area contributed by atoms with Crippen LogP contribution in [0.2, 0.25) is 0 Å².